The van der Waals surface area contributed by atoms with Crippen LogP contribution in [-0.2, 0) is 22.5 Å². The van der Waals surface area contributed by atoms with E-state index in [-0.39, 0.29) is 36.6 Å². The van der Waals surface area contributed by atoms with Crippen LogP contribution in [0.2, 0.25) is 0 Å². The van der Waals surface area contributed by atoms with Crippen molar-refractivity contribution >= 4 is 29.9 Å². The third-order valence-electron chi connectivity index (χ3n) is 3.35. The Hall–Kier alpha value is -1.13. The number of hydrogen-bond acceptors (Lipinski definition) is 4. The second-order valence-corrected chi connectivity index (χ2v) is 5.09. The van der Waals surface area contributed by atoms with Gasteiger partial charge < -0.3 is 24.8 Å². The molecule has 1 aromatic rings. The summed E-state index contributed by atoms with van der Waals surface area (Å²) in [5, 5.41) is 6.39. The maximum Gasteiger partial charge on any atom is 0.191 e. The molecular weight excluding hydrogens is 428 g/mol. The lowest BCUT2D eigenvalue weighted by atomic mass is 10.1. The number of ether oxygens (including phenoxy) is 3. The zero-order chi connectivity index (χ0) is 16.5. The summed E-state index contributed by atoms with van der Waals surface area (Å²) in [5.74, 6) is 1.19. The van der Waals surface area contributed by atoms with Gasteiger partial charge in [0.05, 0.1) is 19.8 Å². The molecule has 0 fully saturated rings. The van der Waals surface area contributed by atoms with Crippen molar-refractivity contribution in [1.82, 2.24) is 10.6 Å². The van der Waals surface area contributed by atoms with Gasteiger partial charge in [0.1, 0.15) is 11.6 Å². The largest absolute Gasteiger partial charge is 0.467 e. The first kappa shape index (κ1) is 20.9. The van der Waals surface area contributed by atoms with Gasteiger partial charge in [-0.15, -0.1) is 24.0 Å². The van der Waals surface area contributed by atoms with Crippen LogP contribution in [0, 0.1) is 5.82 Å². The first-order valence-electron chi connectivity index (χ1n) is 7.77. The Labute approximate surface area is 159 Å². The van der Waals surface area contributed by atoms with Crippen LogP contribution in [-0.4, -0.2) is 46.1 Å². The number of halogens is 2. The van der Waals surface area contributed by atoms with Crippen molar-refractivity contribution in [2.75, 3.05) is 40.1 Å². The van der Waals surface area contributed by atoms with Crippen molar-refractivity contribution in [1.29, 1.82) is 0 Å². The minimum Gasteiger partial charge on any atom is -0.467 e. The molecule has 6 nitrogen and oxygen atoms in total. The molecule has 0 saturated heterocycles. The molecule has 1 aliphatic heterocycles. The third kappa shape index (κ3) is 6.40. The molecule has 2 N–H and O–H groups in total. The quantitative estimate of drug-likeness (QED) is 0.287. The SMILES string of the molecule is CCNC(=NCCOC)NCCc1cc(F)cc2c1OCOC2.I. The number of nitrogens with zero attached hydrogens (tertiary/aromatic N) is 1. The van der Waals surface area contributed by atoms with Crippen molar-refractivity contribution in [3.63, 3.8) is 0 Å². The molecule has 1 heterocycles. The van der Waals surface area contributed by atoms with E-state index in [0.717, 1.165) is 29.4 Å². The van der Waals surface area contributed by atoms with Gasteiger partial charge in [-0.05, 0) is 31.0 Å². The average Bonchev–Trinajstić information content (AvgIpc) is 2.55. The summed E-state index contributed by atoms with van der Waals surface area (Å²) >= 11 is 0. The van der Waals surface area contributed by atoms with E-state index in [2.05, 4.69) is 15.6 Å². The Morgan fingerprint density at radius 2 is 2.21 bits per heavy atom. The van der Waals surface area contributed by atoms with Gasteiger partial charge in [0, 0.05) is 25.8 Å². The monoisotopic (exact) mass is 453 g/mol. The fraction of sp³-hybridized carbons (Fsp3) is 0.562. The zero-order valence-corrected chi connectivity index (χ0v) is 16.4. The minimum atomic E-state index is -0.270. The van der Waals surface area contributed by atoms with Gasteiger partial charge in [0.2, 0.25) is 0 Å². The number of guanidine groups is 1. The summed E-state index contributed by atoms with van der Waals surface area (Å²) in [5.41, 5.74) is 1.59. The second-order valence-electron chi connectivity index (χ2n) is 5.09. The van der Waals surface area contributed by atoms with Gasteiger partial charge in [-0.2, -0.15) is 0 Å². The lowest BCUT2D eigenvalue weighted by Gasteiger charge is -2.21. The molecule has 0 atom stereocenters. The van der Waals surface area contributed by atoms with Crippen LogP contribution >= 0.6 is 24.0 Å². The van der Waals surface area contributed by atoms with Crippen molar-refractivity contribution in [2.24, 2.45) is 4.99 Å². The fourth-order valence-corrected chi connectivity index (χ4v) is 2.35. The summed E-state index contributed by atoms with van der Waals surface area (Å²) < 4.78 is 29.4. The lowest BCUT2D eigenvalue weighted by Crippen LogP contribution is -2.38. The highest BCUT2D eigenvalue weighted by Crippen LogP contribution is 2.29. The molecule has 2 rings (SSSR count). The van der Waals surface area contributed by atoms with Gasteiger partial charge in [0.25, 0.3) is 0 Å². The number of rotatable bonds is 7. The van der Waals surface area contributed by atoms with Gasteiger partial charge in [-0.25, -0.2) is 4.39 Å². The molecule has 0 aliphatic carbocycles. The normalized spacial score (nSPS) is 13.5. The predicted molar refractivity (Wildman–Crippen MR) is 102 cm³/mol. The number of benzene rings is 1. The van der Waals surface area contributed by atoms with Crippen molar-refractivity contribution in [3.05, 3.63) is 29.1 Å². The number of methoxy groups -OCH3 is 1. The van der Waals surface area contributed by atoms with E-state index in [9.17, 15) is 4.39 Å². The summed E-state index contributed by atoms with van der Waals surface area (Å²) in [6, 6.07) is 2.97. The molecule has 0 radical (unpaired) electrons. The van der Waals surface area contributed by atoms with Crippen molar-refractivity contribution in [2.45, 2.75) is 20.0 Å². The van der Waals surface area contributed by atoms with Crippen LogP contribution in [0.25, 0.3) is 0 Å². The maximum atomic E-state index is 13.7. The smallest absolute Gasteiger partial charge is 0.191 e. The van der Waals surface area contributed by atoms with Gasteiger partial charge in [-0.1, -0.05) is 0 Å². The molecule has 1 aromatic carbocycles. The molecule has 8 heteroatoms. The van der Waals surface area contributed by atoms with E-state index < -0.39 is 0 Å². The zero-order valence-electron chi connectivity index (χ0n) is 14.1. The highest BCUT2D eigenvalue weighted by atomic mass is 127. The predicted octanol–water partition coefficient (Wildman–Crippen LogP) is 2.05. The van der Waals surface area contributed by atoms with E-state index in [1.807, 2.05) is 6.92 Å². The summed E-state index contributed by atoms with van der Waals surface area (Å²) in [4.78, 5) is 4.38. The highest BCUT2D eigenvalue weighted by Gasteiger charge is 2.16. The molecule has 24 heavy (non-hydrogen) atoms. The van der Waals surface area contributed by atoms with E-state index in [1.165, 1.54) is 12.1 Å². The Bertz CT molecular complexity index is 544. The van der Waals surface area contributed by atoms with Gasteiger partial charge >= 0.3 is 0 Å². The topological polar surface area (TPSA) is 64.1 Å². The first-order chi connectivity index (χ1) is 11.2. The Morgan fingerprint density at radius 3 is 2.96 bits per heavy atom. The summed E-state index contributed by atoms with van der Waals surface area (Å²) in [6.45, 7) is 5.15. The van der Waals surface area contributed by atoms with Gasteiger partial charge in [0.15, 0.2) is 12.8 Å². The molecule has 136 valence electrons. The number of hydrogen-bond donors (Lipinski definition) is 2. The molecule has 1 aliphatic rings. The van der Waals surface area contributed by atoms with E-state index in [4.69, 9.17) is 14.2 Å². The van der Waals surface area contributed by atoms with Crippen LogP contribution in [0.5, 0.6) is 5.75 Å². The number of fused-ring (bicyclic) bond motifs is 1. The highest BCUT2D eigenvalue weighted by molar-refractivity contribution is 14.0. The standard InChI is InChI=1S/C16H24FN3O3.HI/c1-3-18-16(20-6-7-21-2)19-5-4-12-8-14(17)9-13-10-22-11-23-15(12)13;/h8-9H,3-7,10-11H2,1-2H3,(H2,18,19,20);1H. The fourth-order valence-electron chi connectivity index (χ4n) is 2.35. The molecule has 0 unspecified atom stereocenters. The first-order valence-corrected chi connectivity index (χ1v) is 7.77. The van der Waals surface area contributed by atoms with E-state index in [0.29, 0.717) is 32.7 Å². The van der Waals surface area contributed by atoms with E-state index in [1.54, 1.807) is 7.11 Å². The molecule has 0 spiro atoms. The van der Waals surface area contributed by atoms with Crippen LogP contribution < -0.4 is 15.4 Å². The van der Waals surface area contributed by atoms with Crippen molar-refractivity contribution in [3.8, 4) is 5.75 Å². The Morgan fingerprint density at radius 1 is 1.38 bits per heavy atom. The van der Waals surface area contributed by atoms with E-state index >= 15 is 0 Å². The lowest BCUT2D eigenvalue weighted by molar-refractivity contribution is -0.0172. The second kappa shape index (κ2) is 11.4. The van der Waals surface area contributed by atoms with Gasteiger partial charge in [-0.3, -0.25) is 4.99 Å². The molecule has 0 amide bonds. The van der Waals surface area contributed by atoms with Crippen LogP contribution in [0.1, 0.15) is 18.1 Å². The third-order valence-corrected chi connectivity index (χ3v) is 3.35. The Balaban J connectivity index is 0.00000288. The average molecular weight is 453 g/mol. The summed E-state index contributed by atoms with van der Waals surface area (Å²) in [6.07, 6.45) is 0.634. The minimum absolute atomic E-state index is 0. The number of nitrogens with one attached hydrogen (secondary N) is 2. The number of aliphatic imine (C=N–C) groups is 1. The molecule has 0 bridgehead atoms. The van der Waals surface area contributed by atoms with Crippen molar-refractivity contribution < 1.29 is 18.6 Å². The van der Waals surface area contributed by atoms with Crippen LogP contribution in [0.15, 0.2) is 17.1 Å². The van der Waals surface area contributed by atoms with Crippen LogP contribution in [0.3, 0.4) is 0 Å². The molecule has 0 saturated carbocycles. The molecular formula is C16H25FIN3O3. The summed E-state index contributed by atoms with van der Waals surface area (Å²) in [7, 11) is 1.65. The molecule has 0 aromatic heterocycles. The van der Waals surface area contributed by atoms with Crippen LogP contribution in [0.4, 0.5) is 4.39 Å². The Kier molecular flexibility index (Phi) is 9.96. The maximum absolute atomic E-state index is 13.7.